The third kappa shape index (κ3) is 9.47. The minimum Gasteiger partial charge on any atom is -0.493 e. The lowest BCUT2D eigenvalue weighted by molar-refractivity contribution is -0.140. The van der Waals surface area contributed by atoms with Crippen LogP contribution >= 0.6 is 0 Å². The van der Waals surface area contributed by atoms with Gasteiger partial charge in [0, 0.05) is 29.2 Å². The second kappa shape index (κ2) is 16.4. The van der Waals surface area contributed by atoms with Crippen molar-refractivity contribution in [3.63, 3.8) is 0 Å². The number of allylic oxidation sites excluding steroid dienone is 4. The summed E-state index contributed by atoms with van der Waals surface area (Å²) in [6.45, 7) is 4.24. The normalized spacial score (nSPS) is 14.7. The number of ether oxygens (including phenoxy) is 4. The zero-order chi connectivity index (χ0) is 37.4. The van der Waals surface area contributed by atoms with Gasteiger partial charge in [0.2, 0.25) is 5.43 Å². The van der Waals surface area contributed by atoms with Gasteiger partial charge in [0.1, 0.15) is 36.5 Å². The maximum atomic E-state index is 13.5. The van der Waals surface area contributed by atoms with Crippen LogP contribution in [0.25, 0.3) is 22.3 Å². The summed E-state index contributed by atoms with van der Waals surface area (Å²) < 4.78 is 76.7. The highest BCUT2D eigenvalue weighted by Crippen LogP contribution is 2.33. The van der Waals surface area contributed by atoms with Crippen LogP contribution in [0, 0.1) is 5.82 Å². The van der Waals surface area contributed by atoms with Crippen molar-refractivity contribution in [3.8, 4) is 22.6 Å². The zero-order valence-corrected chi connectivity index (χ0v) is 28.0. The summed E-state index contributed by atoms with van der Waals surface area (Å²) >= 11 is 0. The van der Waals surface area contributed by atoms with E-state index in [1.165, 1.54) is 31.4 Å². The number of rotatable bonds is 12. The molecule has 272 valence electrons. The lowest BCUT2D eigenvalue weighted by atomic mass is 9.98. The molecule has 1 aromatic heterocycles. The molecular formula is C38H36F4N4O6. The fraction of sp³-hybridized carbons (Fsp3) is 0.211. The van der Waals surface area contributed by atoms with Crippen molar-refractivity contribution in [3.05, 3.63) is 136 Å². The number of aromatic nitrogens is 1. The molecule has 0 aliphatic carbocycles. The molecule has 3 aromatic carbocycles. The van der Waals surface area contributed by atoms with Crippen molar-refractivity contribution in [2.24, 2.45) is 11.5 Å². The summed E-state index contributed by atoms with van der Waals surface area (Å²) in [6.07, 6.45) is 0.317. The summed E-state index contributed by atoms with van der Waals surface area (Å²) in [5.74, 6) is -0.569. The Hall–Kier alpha value is -5.86. The average molecular weight is 721 g/mol. The number of halogens is 4. The molecule has 4 aromatic rings. The summed E-state index contributed by atoms with van der Waals surface area (Å²) in [5.41, 5.74) is 13.3. The average Bonchev–Trinajstić information content (AvgIpc) is 3.12. The Morgan fingerprint density at radius 3 is 2.35 bits per heavy atom. The van der Waals surface area contributed by atoms with E-state index in [1.807, 2.05) is 6.07 Å². The number of hydrogen-bond acceptors (Lipinski definition) is 8. The predicted octanol–water partition coefficient (Wildman–Crippen LogP) is 6.13. The third-order valence-corrected chi connectivity index (χ3v) is 7.93. The second-order valence-electron chi connectivity index (χ2n) is 11.7. The fourth-order valence-corrected chi connectivity index (χ4v) is 5.39. The van der Waals surface area contributed by atoms with Gasteiger partial charge in [-0.2, -0.15) is 13.2 Å². The van der Waals surface area contributed by atoms with Crippen LogP contribution in [0.1, 0.15) is 21.5 Å². The molecule has 1 aliphatic heterocycles. The first kappa shape index (κ1) is 37.4. The maximum Gasteiger partial charge on any atom is 0.406 e. The van der Waals surface area contributed by atoms with E-state index in [0.717, 1.165) is 30.1 Å². The van der Waals surface area contributed by atoms with Gasteiger partial charge in [-0.1, -0.05) is 43.0 Å². The Bertz CT molecular complexity index is 2030. The Morgan fingerprint density at radius 2 is 1.73 bits per heavy atom. The van der Waals surface area contributed by atoms with Gasteiger partial charge >= 0.3 is 6.18 Å². The molecule has 1 amide bonds. The topological polar surface area (TPSA) is 140 Å². The van der Waals surface area contributed by atoms with Crippen molar-refractivity contribution in [1.29, 1.82) is 0 Å². The largest absolute Gasteiger partial charge is 0.493 e. The van der Waals surface area contributed by atoms with E-state index in [0.29, 0.717) is 52.6 Å². The van der Waals surface area contributed by atoms with Crippen molar-refractivity contribution in [2.45, 2.75) is 18.8 Å². The highest BCUT2D eigenvalue weighted by Gasteiger charge is 2.29. The summed E-state index contributed by atoms with van der Waals surface area (Å²) in [4.78, 5) is 26.6. The van der Waals surface area contributed by atoms with Crippen LogP contribution in [0.2, 0.25) is 0 Å². The van der Waals surface area contributed by atoms with E-state index in [-0.39, 0.29) is 35.3 Å². The van der Waals surface area contributed by atoms with Crippen molar-refractivity contribution in [1.82, 2.24) is 4.57 Å². The molecule has 0 bridgehead atoms. The van der Waals surface area contributed by atoms with Crippen LogP contribution in [-0.4, -0.2) is 56.3 Å². The number of benzene rings is 3. The molecule has 5 rings (SSSR count). The molecule has 1 saturated heterocycles. The number of pyridine rings is 1. The number of amides is 1. The van der Waals surface area contributed by atoms with E-state index in [4.69, 9.17) is 30.4 Å². The number of methoxy groups -OCH3 is 1. The number of anilines is 1. The maximum absolute atomic E-state index is 13.5. The second-order valence-corrected chi connectivity index (χ2v) is 11.7. The van der Waals surface area contributed by atoms with Gasteiger partial charge in [-0.25, -0.2) is 4.39 Å². The van der Waals surface area contributed by atoms with Crippen molar-refractivity contribution in [2.75, 3.05) is 38.9 Å². The summed E-state index contributed by atoms with van der Waals surface area (Å²) in [6, 6.07) is 16.3. The molecule has 0 radical (unpaired) electrons. The first-order valence-electron chi connectivity index (χ1n) is 15.9. The van der Waals surface area contributed by atoms with E-state index in [1.54, 1.807) is 36.4 Å². The quantitative estimate of drug-likeness (QED) is 0.117. The first-order chi connectivity index (χ1) is 24.8. The van der Waals surface area contributed by atoms with E-state index < -0.39 is 35.4 Å². The lowest BCUT2D eigenvalue weighted by Crippen LogP contribution is -2.33. The molecule has 1 fully saturated rings. The molecule has 0 unspecified atom stereocenters. The lowest BCUT2D eigenvalue weighted by Gasteiger charge is -2.23. The van der Waals surface area contributed by atoms with Gasteiger partial charge in [0.05, 0.1) is 26.9 Å². The summed E-state index contributed by atoms with van der Waals surface area (Å²) in [7, 11) is 1.52. The monoisotopic (exact) mass is 720 g/mol. The Kier molecular flexibility index (Phi) is 11.8. The van der Waals surface area contributed by atoms with Gasteiger partial charge < -0.3 is 40.3 Å². The van der Waals surface area contributed by atoms with Gasteiger partial charge in [0.25, 0.3) is 5.91 Å². The number of alkyl halides is 3. The van der Waals surface area contributed by atoms with Gasteiger partial charge in [0.15, 0.2) is 11.5 Å². The third-order valence-electron chi connectivity index (χ3n) is 7.93. The predicted molar refractivity (Wildman–Crippen MR) is 189 cm³/mol. The smallest absolute Gasteiger partial charge is 0.406 e. The minimum atomic E-state index is -4.64. The molecule has 14 heteroatoms. The number of nitrogens with one attached hydrogen (secondary N) is 1. The molecule has 1 aliphatic rings. The van der Waals surface area contributed by atoms with Crippen LogP contribution in [-0.2, 0) is 16.0 Å². The molecule has 10 nitrogen and oxygen atoms in total. The minimum absolute atomic E-state index is 0.0134. The molecule has 1 atom stereocenters. The van der Waals surface area contributed by atoms with Gasteiger partial charge in [-0.15, -0.1) is 0 Å². The number of hydrogen-bond donors (Lipinski definition) is 3. The Labute approximate surface area is 296 Å². The van der Waals surface area contributed by atoms with Crippen molar-refractivity contribution < 1.29 is 41.3 Å². The van der Waals surface area contributed by atoms with E-state index in [2.05, 4.69) is 11.9 Å². The van der Waals surface area contributed by atoms with E-state index in [9.17, 15) is 27.2 Å². The SMILES string of the molecule is C=C/C(=C\C(=C(N)N)c1ccc(NC(=O)c2cn(CC(F)(F)F)cc(-c3ccc(F)cc3)c2=O)cc1)c1ccc(OC[C@H]2COCCO2)c(OC)c1. The van der Waals surface area contributed by atoms with Crippen LogP contribution in [0.4, 0.5) is 23.2 Å². The number of nitrogens with two attached hydrogens (primary N) is 2. The van der Waals surface area contributed by atoms with Crippen LogP contribution < -0.4 is 31.7 Å². The molecular weight excluding hydrogens is 684 g/mol. The molecule has 5 N–H and O–H groups in total. The highest BCUT2D eigenvalue weighted by molar-refractivity contribution is 6.04. The first-order valence-corrected chi connectivity index (χ1v) is 15.9. The van der Waals surface area contributed by atoms with E-state index >= 15 is 0 Å². The van der Waals surface area contributed by atoms with Crippen LogP contribution in [0.5, 0.6) is 11.5 Å². The summed E-state index contributed by atoms with van der Waals surface area (Å²) in [5, 5.41) is 2.55. The van der Waals surface area contributed by atoms with Crippen molar-refractivity contribution >= 4 is 22.7 Å². The number of carbonyl (C=O) groups is 1. The molecule has 2 heterocycles. The van der Waals surface area contributed by atoms with Gasteiger partial charge in [-0.3, -0.25) is 9.59 Å². The standard InChI is InChI=1S/C38H36F4N4O6/c1-3-23(26-8-13-33(34(17-26)49-2)52-21-29-20-50-14-15-51-29)16-30(36(43)44)24-6-11-28(12-7-24)45-37(48)32-19-46(22-38(40,41)42)18-31(35(32)47)25-4-9-27(39)10-5-25/h3-13,16-19,29H,1,14-15,20-22,43-44H2,2H3,(H,45,48)/b23-16+/t29-/m1/s1. The highest BCUT2D eigenvalue weighted by atomic mass is 19.4. The number of nitrogens with zero attached hydrogens (tertiary/aromatic N) is 1. The molecule has 0 spiro atoms. The van der Waals surface area contributed by atoms with Gasteiger partial charge in [-0.05, 0) is 64.7 Å². The van der Waals surface area contributed by atoms with Crippen LogP contribution in [0.3, 0.4) is 0 Å². The zero-order valence-electron chi connectivity index (χ0n) is 28.0. The Balaban J connectivity index is 1.37. The number of carbonyl (C=O) groups excluding carboxylic acids is 1. The Morgan fingerprint density at radius 1 is 1.02 bits per heavy atom. The molecule has 52 heavy (non-hydrogen) atoms. The van der Waals surface area contributed by atoms with Crippen LogP contribution in [0.15, 0.2) is 108 Å². The fourth-order valence-electron chi connectivity index (χ4n) is 5.39. The molecule has 0 saturated carbocycles.